The largest absolute Gasteiger partial charge is 0.340 e. The number of imidazole rings is 1. The second-order valence-electron chi connectivity index (χ2n) is 6.58. The third kappa shape index (κ3) is 3.41. The summed E-state index contributed by atoms with van der Waals surface area (Å²) in [7, 11) is 4.06. The van der Waals surface area contributed by atoms with E-state index in [9.17, 15) is 4.79 Å². The molecule has 7 heteroatoms. The quantitative estimate of drug-likeness (QED) is 0.799. The third-order valence-electron chi connectivity index (χ3n) is 4.67. The molecule has 1 aromatic heterocycles. The second-order valence-corrected chi connectivity index (χ2v) is 6.58. The number of likely N-dealkylation sites (tertiary alicyclic amines) is 1. The summed E-state index contributed by atoms with van der Waals surface area (Å²) in [6, 6.07) is 0.665. The zero-order valence-corrected chi connectivity index (χ0v) is 13.4. The average molecular weight is 306 g/mol. The number of nitrogens with two attached hydrogens (primary N) is 1. The summed E-state index contributed by atoms with van der Waals surface area (Å²) >= 11 is 0. The van der Waals surface area contributed by atoms with Gasteiger partial charge < -0.3 is 25.4 Å². The van der Waals surface area contributed by atoms with Crippen LogP contribution in [0.5, 0.6) is 0 Å². The van der Waals surface area contributed by atoms with Crippen molar-refractivity contribution in [3.8, 4) is 0 Å². The molecule has 3 N–H and O–H groups in total. The number of hydrogen-bond donors (Lipinski definition) is 2. The predicted molar refractivity (Wildman–Crippen MR) is 84.5 cm³/mol. The van der Waals surface area contributed by atoms with E-state index in [1.165, 1.54) is 12.8 Å². The van der Waals surface area contributed by atoms with Crippen LogP contribution in [0, 0.1) is 0 Å². The van der Waals surface area contributed by atoms with Crippen molar-refractivity contribution in [2.45, 2.75) is 30.8 Å². The van der Waals surface area contributed by atoms with Crippen molar-refractivity contribution in [3.63, 3.8) is 0 Å². The van der Waals surface area contributed by atoms with E-state index in [2.05, 4.69) is 22.2 Å². The molecule has 0 spiro atoms. The number of rotatable bonds is 5. The van der Waals surface area contributed by atoms with E-state index >= 15 is 0 Å². The van der Waals surface area contributed by atoms with Crippen molar-refractivity contribution in [1.82, 2.24) is 24.7 Å². The van der Waals surface area contributed by atoms with E-state index in [-0.39, 0.29) is 18.0 Å². The van der Waals surface area contributed by atoms with Crippen LogP contribution < -0.4 is 11.1 Å². The highest BCUT2D eigenvalue weighted by Gasteiger charge is 2.35. The van der Waals surface area contributed by atoms with Gasteiger partial charge in [-0.3, -0.25) is 0 Å². The van der Waals surface area contributed by atoms with E-state index in [0.717, 1.165) is 18.3 Å². The highest BCUT2D eigenvalue weighted by molar-refractivity contribution is 5.74. The lowest BCUT2D eigenvalue weighted by molar-refractivity contribution is 0.205. The van der Waals surface area contributed by atoms with Gasteiger partial charge in [0.2, 0.25) is 0 Å². The SMILES string of the molecule is CN(CCNC(=O)N1C[C@@H](N)[C@H](c2cn(C)cn2)C1)C1CC1. The summed E-state index contributed by atoms with van der Waals surface area (Å²) in [6.45, 7) is 2.82. The number of carbonyl (C=O) groups is 1. The highest BCUT2D eigenvalue weighted by atomic mass is 16.2. The van der Waals surface area contributed by atoms with Crippen LogP contribution in [-0.4, -0.2) is 70.7 Å². The first-order valence-electron chi connectivity index (χ1n) is 8.01. The number of hydrogen-bond acceptors (Lipinski definition) is 4. The molecule has 1 aliphatic heterocycles. The predicted octanol–water partition coefficient (Wildman–Crippen LogP) is -0.0496. The number of amides is 2. The van der Waals surface area contributed by atoms with Gasteiger partial charge in [0.25, 0.3) is 0 Å². The van der Waals surface area contributed by atoms with Crippen LogP contribution in [0.15, 0.2) is 12.5 Å². The number of likely N-dealkylation sites (N-methyl/N-ethyl adjacent to an activating group) is 1. The molecule has 0 unspecified atom stereocenters. The number of carbonyl (C=O) groups excluding carboxylic acids is 1. The monoisotopic (exact) mass is 306 g/mol. The van der Waals surface area contributed by atoms with Gasteiger partial charge >= 0.3 is 6.03 Å². The molecular weight excluding hydrogens is 280 g/mol. The molecule has 2 fully saturated rings. The van der Waals surface area contributed by atoms with Gasteiger partial charge in [-0.25, -0.2) is 9.78 Å². The first-order valence-corrected chi connectivity index (χ1v) is 8.01. The standard InChI is InChI=1S/C15H26N6O/c1-19-9-14(18-10-19)12-7-21(8-13(12)16)15(22)17-5-6-20(2)11-3-4-11/h9-13H,3-8,16H2,1-2H3,(H,17,22)/t12-,13-/m1/s1. The molecule has 7 nitrogen and oxygen atoms in total. The lowest BCUT2D eigenvalue weighted by Gasteiger charge is -2.19. The molecule has 2 heterocycles. The van der Waals surface area contributed by atoms with E-state index < -0.39 is 0 Å². The molecule has 1 saturated heterocycles. The van der Waals surface area contributed by atoms with Crippen molar-refractivity contribution >= 4 is 6.03 Å². The first kappa shape index (κ1) is 15.3. The lowest BCUT2D eigenvalue weighted by atomic mass is 10.0. The van der Waals surface area contributed by atoms with Crippen LogP contribution in [0.25, 0.3) is 0 Å². The minimum atomic E-state index is -0.0465. The normalized spacial score (nSPS) is 25.0. The third-order valence-corrected chi connectivity index (χ3v) is 4.67. The molecule has 0 aromatic carbocycles. The highest BCUT2D eigenvalue weighted by Crippen LogP contribution is 2.25. The molecular formula is C15H26N6O. The minimum Gasteiger partial charge on any atom is -0.340 e. The fourth-order valence-corrected chi connectivity index (χ4v) is 3.08. The Balaban J connectivity index is 1.47. The topological polar surface area (TPSA) is 79.4 Å². The van der Waals surface area contributed by atoms with Crippen LogP contribution in [0.1, 0.15) is 24.5 Å². The summed E-state index contributed by atoms with van der Waals surface area (Å²) in [5.41, 5.74) is 7.17. The van der Waals surface area contributed by atoms with E-state index in [4.69, 9.17) is 5.73 Å². The molecule has 1 aromatic rings. The fourth-order valence-electron chi connectivity index (χ4n) is 3.08. The molecule has 122 valence electrons. The van der Waals surface area contributed by atoms with Crippen molar-refractivity contribution in [3.05, 3.63) is 18.2 Å². The number of aryl methyl sites for hydroxylation is 1. The Morgan fingerprint density at radius 1 is 1.50 bits per heavy atom. The van der Waals surface area contributed by atoms with Gasteiger partial charge in [-0.1, -0.05) is 0 Å². The van der Waals surface area contributed by atoms with Gasteiger partial charge in [0.15, 0.2) is 0 Å². The first-order chi connectivity index (χ1) is 10.5. The minimum absolute atomic E-state index is 0.0157. The van der Waals surface area contributed by atoms with Crippen molar-refractivity contribution < 1.29 is 4.79 Å². The van der Waals surface area contributed by atoms with Gasteiger partial charge in [0.05, 0.1) is 12.0 Å². The van der Waals surface area contributed by atoms with Crippen LogP contribution in [0.4, 0.5) is 4.79 Å². The molecule has 1 aliphatic carbocycles. The van der Waals surface area contributed by atoms with E-state index in [1.54, 1.807) is 11.2 Å². The Morgan fingerprint density at radius 2 is 2.27 bits per heavy atom. The number of urea groups is 1. The Hall–Kier alpha value is -1.60. The Labute approximate surface area is 131 Å². The van der Waals surface area contributed by atoms with E-state index in [1.807, 2.05) is 17.8 Å². The van der Waals surface area contributed by atoms with E-state index in [0.29, 0.717) is 19.6 Å². The molecule has 2 atom stereocenters. The number of nitrogens with zero attached hydrogens (tertiary/aromatic N) is 4. The van der Waals surface area contributed by atoms with Crippen LogP contribution in [0.2, 0.25) is 0 Å². The maximum atomic E-state index is 12.3. The number of aromatic nitrogens is 2. The smallest absolute Gasteiger partial charge is 0.317 e. The summed E-state index contributed by atoms with van der Waals surface area (Å²) in [5.74, 6) is 0.126. The lowest BCUT2D eigenvalue weighted by Crippen LogP contribution is -2.42. The van der Waals surface area contributed by atoms with Crippen LogP contribution >= 0.6 is 0 Å². The molecule has 22 heavy (non-hydrogen) atoms. The van der Waals surface area contributed by atoms with Gasteiger partial charge in [-0.15, -0.1) is 0 Å². The van der Waals surface area contributed by atoms with Gasteiger partial charge in [0.1, 0.15) is 0 Å². The molecule has 0 radical (unpaired) electrons. The van der Waals surface area contributed by atoms with Gasteiger partial charge in [-0.2, -0.15) is 0 Å². The maximum absolute atomic E-state index is 12.3. The molecule has 3 rings (SSSR count). The number of nitrogens with one attached hydrogen (secondary N) is 1. The summed E-state index contributed by atoms with van der Waals surface area (Å²) < 4.78 is 1.92. The van der Waals surface area contributed by atoms with Gasteiger partial charge in [0, 0.05) is 57.4 Å². The molecule has 2 aliphatic rings. The Morgan fingerprint density at radius 3 is 2.91 bits per heavy atom. The summed E-state index contributed by atoms with van der Waals surface area (Å²) in [5, 5.41) is 3.00. The summed E-state index contributed by atoms with van der Waals surface area (Å²) in [4.78, 5) is 20.7. The fraction of sp³-hybridized carbons (Fsp3) is 0.733. The molecule has 2 amide bonds. The van der Waals surface area contributed by atoms with Crippen LogP contribution in [0.3, 0.4) is 0 Å². The maximum Gasteiger partial charge on any atom is 0.317 e. The second kappa shape index (κ2) is 6.26. The zero-order chi connectivity index (χ0) is 15.7. The van der Waals surface area contributed by atoms with Gasteiger partial charge in [-0.05, 0) is 19.9 Å². The van der Waals surface area contributed by atoms with Crippen molar-refractivity contribution in [2.75, 3.05) is 33.2 Å². The van der Waals surface area contributed by atoms with Crippen molar-refractivity contribution in [1.29, 1.82) is 0 Å². The zero-order valence-electron chi connectivity index (χ0n) is 13.4. The van der Waals surface area contributed by atoms with Crippen LogP contribution in [-0.2, 0) is 7.05 Å². The van der Waals surface area contributed by atoms with Crippen molar-refractivity contribution in [2.24, 2.45) is 12.8 Å². The molecule has 0 bridgehead atoms. The summed E-state index contributed by atoms with van der Waals surface area (Å²) in [6.07, 6.45) is 6.34. The Bertz CT molecular complexity index is 526. The molecule has 1 saturated carbocycles. The Kier molecular flexibility index (Phi) is 4.35. The average Bonchev–Trinajstić information content (AvgIpc) is 3.14.